The average molecular weight is 412 g/mol. The SMILES string of the molecule is Cc1nn(Cc2ccccc2)c(Cl)c1C(=O)N[C@H](C)C12CC3CC(CC(C3)C1)C2. The molecule has 0 aliphatic heterocycles. The van der Waals surface area contributed by atoms with Gasteiger partial charge < -0.3 is 5.32 Å². The Kier molecular flexibility index (Phi) is 4.73. The Morgan fingerprint density at radius 2 is 1.76 bits per heavy atom. The van der Waals surface area contributed by atoms with Gasteiger partial charge in [0.05, 0.1) is 17.8 Å². The predicted molar refractivity (Wildman–Crippen MR) is 115 cm³/mol. The molecule has 4 fully saturated rings. The third kappa shape index (κ3) is 3.39. The van der Waals surface area contributed by atoms with E-state index < -0.39 is 0 Å². The normalized spacial score (nSPS) is 31.1. The van der Waals surface area contributed by atoms with Crippen molar-refractivity contribution in [3.05, 3.63) is 52.3 Å². The molecule has 154 valence electrons. The maximum atomic E-state index is 13.2. The smallest absolute Gasteiger partial charge is 0.256 e. The standard InChI is InChI=1S/C24H30ClN3O/c1-15-21(22(25)28(27-15)14-17-6-4-3-5-7-17)23(29)26-16(2)24-11-18-8-19(12-24)10-20(9-18)13-24/h3-7,16,18-20H,8-14H2,1-2H3,(H,26,29)/t16-,18?,19?,20?,24?/m1/s1. The summed E-state index contributed by atoms with van der Waals surface area (Å²) >= 11 is 6.62. The van der Waals surface area contributed by atoms with Gasteiger partial charge in [-0.05, 0) is 81.1 Å². The highest BCUT2D eigenvalue weighted by Crippen LogP contribution is 2.61. The zero-order chi connectivity index (χ0) is 20.2. The maximum Gasteiger partial charge on any atom is 0.256 e. The molecule has 1 heterocycles. The Balaban J connectivity index is 1.33. The van der Waals surface area contributed by atoms with Gasteiger partial charge in [-0.3, -0.25) is 4.79 Å². The minimum absolute atomic E-state index is 0.0740. The minimum atomic E-state index is -0.0740. The first-order chi connectivity index (χ1) is 13.9. The highest BCUT2D eigenvalue weighted by Gasteiger charge is 2.53. The number of carbonyl (C=O) groups excluding carboxylic acids is 1. The maximum absolute atomic E-state index is 13.2. The van der Waals surface area contributed by atoms with Gasteiger partial charge in [-0.25, -0.2) is 4.68 Å². The first-order valence-corrected chi connectivity index (χ1v) is 11.4. The average Bonchev–Trinajstić information content (AvgIpc) is 2.94. The lowest BCUT2D eigenvalue weighted by Crippen LogP contribution is -2.55. The summed E-state index contributed by atoms with van der Waals surface area (Å²) in [6.07, 6.45) is 8.08. The van der Waals surface area contributed by atoms with Crippen LogP contribution >= 0.6 is 11.6 Å². The molecule has 0 radical (unpaired) electrons. The Morgan fingerprint density at radius 1 is 1.17 bits per heavy atom. The summed E-state index contributed by atoms with van der Waals surface area (Å²) in [5.41, 5.74) is 2.62. The largest absolute Gasteiger partial charge is 0.349 e. The van der Waals surface area contributed by atoms with Gasteiger partial charge in [-0.15, -0.1) is 0 Å². The van der Waals surface area contributed by atoms with Crippen molar-refractivity contribution in [2.24, 2.45) is 23.2 Å². The van der Waals surface area contributed by atoms with Crippen molar-refractivity contribution in [1.29, 1.82) is 0 Å². The summed E-state index contributed by atoms with van der Waals surface area (Å²) in [5, 5.41) is 8.32. The fourth-order valence-corrected chi connectivity index (χ4v) is 7.12. The van der Waals surface area contributed by atoms with Crippen molar-refractivity contribution < 1.29 is 4.79 Å². The van der Waals surface area contributed by atoms with Crippen LogP contribution in [0.25, 0.3) is 0 Å². The van der Waals surface area contributed by atoms with E-state index in [1.807, 2.05) is 37.3 Å². The van der Waals surface area contributed by atoms with Gasteiger partial charge in [0.1, 0.15) is 5.15 Å². The van der Waals surface area contributed by atoms with Gasteiger partial charge in [-0.2, -0.15) is 5.10 Å². The van der Waals surface area contributed by atoms with Gasteiger partial charge in [-0.1, -0.05) is 41.9 Å². The first-order valence-electron chi connectivity index (χ1n) is 11.0. The highest BCUT2D eigenvalue weighted by atomic mass is 35.5. The number of amides is 1. The molecule has 2 aromatic rings. The molecular formula is C24H30ClN3O. The molecule has 4 aliphatic rings. The summed E-state index contributed by atoms with van der Waals surface area (Å²) in [6, 6.07) is 10.3. The number of aromatic nitrogens is 2. The topological polar surface area (TPSA) is 46.9 Å². The Bertz CT molecular complexity index is 884. The molecule has 0 spiro atoms. The van der Waals surface area contributed by atoms with Crippen LogP contribution in [0.5, 0.6) is 0 Å². The van der Waals surface area contributed by atoms with Gasteiger partial charge in [0, 0.05) is 6.04 Å². The van der Waals surface area contributed by atoms with Crippen LogP contribution in [-0.4, -0.2) is 21.7 Å². The van der Waals surface area contributed by atoms with E-state index in [2.05, 4.69) is 17.3 Å². The lowest BCUT2D eigenvalue weighted by molar-refractivity contribution is -0.0688. The van der Waals surface area contributed by atoms with Crippen molar-refractivity contribution in [3.8, 4) is 0 Å². The van der Waals surface area contributed by atoms with Crippen LogP contribution in [0.4, 0.5) is 0 Å². The highest BCUT2D eigenvalue weighted by molar-refractivity contribution is 6.33. The van der Waals surface area contributed by atoms with E-state index in [-0.39, 0.29) is 17.4 Å². The number of rotatable bonds is 5. The minimum Gasteiger partial charge on any atom is -0.349 e. The van der Waals surface area contributed by atoms with E-state index in [0.717, 1.165) is 23.3 Å². The number of nitrogens with one attached hydrogen (secondary N) is 1. The summed E-state index contributed by atoms with van der Waals surface area (Å²) in [4.78, 5) is 13.2. The zero-order valence-corrected chi connectivity index (χ0v) is 18.1. The van der Waals surface area contributed by atoms with Crippen LogP contribution < -0.4 is 5.32 Å². The van der Waals surface area contributed by atoms with Crippen molar-refractivity contribution in [1.82, 2.24) is 15.1 Å². The zero-order valence-electron chi connectivity index (χ0n) is 17.3. The van der Waals surface area contributed by atoms with Crippen molar-refractivity contribution in [2.75, 3.05) is 0 Å². The van der Waals surface area contributed by atoms with Crippen molar-refractivity contribution in [3.63, 3.8) is 0 Å². The monoisotopic (exact) mass is 411 g/mol. The quantitative estimate of drug-likeness (QED) is 0.732. The molecule has 4 bridgehead atoms. The molecule has 4 saturated carbocycles. The van der Waals surface area contributed by atoms with Crippen LogP contribution in [0.15, 0.2) is 30.3 Å². The molecule has 29 heavy (non-hydrogen) atoms. The van der Waals surface area contributed by atoms with Crippen molar-refractivity contribution >= 4 is 17.5 Å². The van der Waals surface area contributed by atoms with E-state index in [0.29, 0.717) is 23.0 Å². The molecule has 0 unspecified atom stereocenters. The Labute approximate surface area is 178 Å². The third-order valence-corrected chi connectivity index (χ3v) is 8.20. The fourth-order valence-electron chi connectivity index (χ4n) is 6.80. The molecule has 0 saturated heterocycles. The van der Waals surface area contributed by atoms with Gasteiger partial charge >= 0.3 is 0 Å². The van der Waals surface area contributed by atoms with Crippen LogP contribution in [-0.2, 0) is 6.54 Å². The van der Waals surface area contributed by atoms with Crippen LogP contribution in [0.2, 0.25) is 5.15 Å². The first kappa shape index (κ1) is 19.2. The van der Waals surface area contributed by atoms with Crippen molar-refractivity contribution in [2.45, 2.75) is 65.0 Å². The molecule has 4 aliphatic carbocycles. The van der Waals surface area contributed by atoms with Crippen LogP contribution in [0.3, 0.4) is 0 Å². The van der Waals surface area contributed by atoms with Gasteiger partial charge in [0.25, 0.3) is 5.91 Å². The molecule has 1 aromatic carbocycles. The second-order valence-corrected chi connectivity index (χ2v) is 10.2. The number of carbonyl (C=O) groups is 1. The molecule has 1 amide bonds. The number of nitrogens with zero attached hydrogens (tertiary/aromatic N) is 2. The lowest BCUT2D eigenvalue weighted by atomic mass is 9.48. The van der Waals surface area contributed by atoms with E-state index in [9.17, 15) is 4.79 Å². The molecular weight excluding hydrogens is 382 g/mol. The summed E-state index contributed by atoms with van der Waals surface area (Å²) < 4.78 is 1.73. The molecule has 1 N–H and O–H groups in total. The van der Waals surface area contributed by atoms with E-state index in [1.54, 1.807) is 4.68 Å². The molecule has 1 atom stereocenters. The number of aryl methyl sites for hydroxylation is 1. The van der Waals surface area contributed by atoms with E-state index in [1.165, 1.54) is 38.5 Å². The van der Waals surface area contributed by atoms with E-state index >= 15 is 0 Å². The number of hydrogen-bond acceptors (Lipinski definition) is 2. The third-order valence-electron chi connectivity index (χ3n) is 7.82. The molecule has 6 rings (SSSR count). The fraction of sp³-hybridized carbons (Fsp3) is 0.583. The predicted octanol–water partition coefficient (Wildman–Crippen LogP) is 5.23. The second kappa shape index (κ2) is 7.16. The number of benzene rings is 1. The molecule has 4 nitrogen and oxygen atoms in total. The number of halogens is 1. The van der Waals surface area contributed by atoms with Crippen LogP contribution in [0.1, 0.15) is 67.1 Å². The molecule has 5 heteroatoms. The second-order valence-electron chi connectivity index (χ2n) is 9.87. The van der Waals surface area contributed by atoms with Crippen LogP contribution in [0, 0.1) is 30.1 Å². The lowest BCUT2D eigenvalue weighted by Gasteiger charge is -2.59. The van der Waals surface area contributed by atoms with Gasteiger partial charge in [0.15, 0.2) is 0 Å². The summed E-state index contributed by atoms with van der Waals surface area (Å²) in [7, 11) is 0. The Morgan fingerprint density at radius 3 is 2.34 bits per heavy atom. The van der Waals surface area contributed by atoms with E-state index in [4.69, 9.17) is 11.6 Å². The summed E-state index contributed by atoms with van der Waals surface area (Å²) in [6.45, 7) is 4.65. The molecule has 1 aromatic heterocycles. The Hall–Kier alpha value is -1.81. The van der Waals surface area contributed by atoms with Gasteiger partial charge in [0.2, 0.25) is 0 Å². The number of hydrogen-bond donors (Lipinski definition) is 1. The summed E-state index contributed by atoms with van der Waals surface area (Å²) in [5.74, 6) is 2.55.